The molecule has 7 heteroatoms. The summed E-state index contributed by atoms with van der Waals surface area (Å²) in [5.41, 5.74) is 0. The van der Waals surface area contributed by atoms with E-state index in [0.29, 0.717) is 32.1 Å². The van der Waals surface area contributed by atoms with Gasteiger partial charge in [0.05, 0.1) is 6.61 Å². The van der Waals surface area contributed by atoms with Gasteiger partial charge in [0, 0.05) is 58.3 Å². The van der Waals surface area contributed by atoms with Crippen LogP contribution in [0.5, 0.6) is 0 Å². The Kier molecular flexibility index (Phi) is 7.94. The topological polar surface area (TPSA) is 84.9 Å². The molecule has 1 heterocycles. The van der Waals surface area contributed by atoms with Gasteiger partial charge in [0.1, 0.15) is 6.42 Å². The zero-order valence-electron chi connectivity index (χ0n) is 14.1. The molecule has 0 aromatic carbocycles. The summed E-state index contributed by atoms with van der Waals surface area (Å²) in [4.78, 5) is 27.9. The number of nitrogens with one attached hydrogen (secondary N) is 2. The molecule has 24 heavy (non-hydrogen) atoms. The van der Waals surface area contributed by atoms with Gasteiger partial charge in [-0.15, -0.1) is 0 Å². The van der Waals surface area contributed by atoms with E-state index in [1.165, 1.54) is 0 Å². The summed E-state index contributed by atoms with van der Waals surface area (Å²) in [7, 11) is 0. The van der Waals surface area contributed by atoms with E-state index in [4.69, 9.17) is 0 Å². The molecular weight excluding hydrogens is 308 g/mol. The third-order valence-electron chi connectivity index (χ3n) is 4.27. The summed E-state index contributed by atoms with van der Waals surface area (Å²) < 4.78 is 0. The highest BCUT2D eigenvalue weighted by Crippen LogP contribution is 2.10. The number of nitrogens with zero attached hydrogens (tertiary/aromatic N) is 2. The van der Waals surface area contributed by atoms with E-state index in [1.54, 1.807) is 0 Å². The molecule has 0 radical (unpaired) electrons. The Morgan fingerprint density at radius 3 is 2.17 bits per heavy atom. The number of carbonyl (C=O) groups is 2. The molecule has 134 valence electrons. The molecule has 0 aromatic rings. The van der Waals surface area contributed by atoms with Gasteiger partial charge < -0.3 is 15.7 Å². The van der Waals surface area contributed by atoms with E-state index in [1.807, 2.05) is 0 Å². The van der Waals surface area contributed by atoms with Crippen LogP contribution in [0.2, 0.25) is 0 Å². The van der Waals surface area contributed by atoms with Gasteiger partial charge in [0.25, 0.3) is 0 Å². The standard InChI is InChI=1S/C17H28N4O3/c22-12-11-20-7-5-18-16(23)13-17(24)19-6-8-21(10-9-20)14-15-3-1-2-4-15/h1-4,15,22H,5-14H2,(H,18,23)(H,19,24). The number of allylic oxidation sites excluding steroid dienone is 2. The first-order valence-electron chi connectivity index (χ1n) is 8.61. The third kappa shape index (κ3) is 6.82. The average molecular weight is 336 g/mol. The van der Waals surface area contributed by atoms with E-state index in [0.717, 1.165) is 26.2 Å². The highest BCUT2D eigenvalue weighted by atomic mass is 16.3. The molecule has 7 nitrogen and oxygen atoms in total. The number of amides is 2. The van der Waals surface area contributed by atoms with Crippen molar-refractivity contribution in [2.75, 3.05) is 59.0 Å². The lowest BCUT2D eigenvalue weighted by atomic mass is 10.1. The highest BCUT2D eigenvalue weighted by molar-refractivity contribution is 5.96. The van der Waals surface area contributed by atoms with Gasteiger partial charge in [-0.2, -0.15) is 0 Å². The molecule has 2 rings (SSSR count). The van der Waals surface area contributed by atoms with Crippen LogP contribution in [0, 0.1) is 5.92 Å². The molecule has 0 aromatic heterocycles. The Morgan fingerprint density at radius 2 is 1.54 bits per heavy atom. The van der Waals surface area contributed by atoms with Crippen LogP contribution in [0.3, 0.4) is 0 Å². The molecule has 1 aliphatic carbocycles. The van der Waals surface area contributed by atoms with E-state index in [2.05, 4.69) is 44.7 Å². The molecular formula is C17H28N4O3. The van der Waals surface area contributed by atoms with Gasteiger partial charge in [0.2, 0.25) is 11.8 Å². The number of aliphatic hydroxyl groups is 1. The normalized spacial score (nSPS) is 22.5. The van der Waals surface area contributed by atoms with E-state index in [9.17, 15) is 14.7 Å². The predicted octanol–water partition coefficient (Wildman–Crippen LogP) is -1.04. The monoisotopic (exact) mass is 336 g/mol. The second-order valence-corrected chi connectivity index (χ2v) is 6.18. The summed E-state index contributed by atoms with van der Waals surface area (Å²) in [6.45, 7) is 5.72. The van der Waals surface area contributed by atoms with E-state index in [-0.39, 0.29) is 24.8 Å². The Bertz CT molecular complexity index is 466. The Labute approximate surface area is 143 Å². The lowest BCUT2D eigenvalue weighted by Gasteiger charge is -2.28. The number of carbonyl (C=O) groups excluding carboxylic acids is 2. The van der Waals surface area contributed by atoms with Crippen molar-refractivity contribution in [3.63, 3.8) is 0 Å². The number of β-amino-alcohol motifs (C(OH)–C–C–N with tert-alkyl or cyclic N) is 1. The Hall–Kier alpha value is -1.70. The van der Waals surface area contributed by atoms with E-state index >= 15 is 0 Å². The molecule has 1 fully saturated rings. The van der Waals surface area contributed by atoms with Crippen LogP contribution >= 0.6 is 0 Å². The smallest absolute Gasteiger partial charge is 0.229 e. The molecule has 1 saturated heterocycles. The van der Waals surface area contributed by atoms with Crippen molar-refractivity contribution in [3.8, 4) is 0 Å². The molecule has 0 atom stereocenters. The van der Waals surface area contributed by atoms with Crippen LogP contribution in [-0.4, -0.2) is 85.7 Å². The number of hydrogen-bond donors (Lipinski definition) is 3. The van der Waals surface area contributed by atoms with Crippen molar-refractivity contribution in [2.45, 2.75) is 6.42 Å². The summed E-state index contributed by atoms with van der Waals surface area (Å²) in [6, 6.07) is 0. The molecule has 0 bridgehead atoms. The van der Waals surface area contributed by atoms with Crippen molar-refractivity contribution in [1.82, 2.24) is 20.4 Å². The van der Waals surface area contributed by atoms with Crippen LogP contribution in [-0.2, 0) is 9.59 Å². The second kappa shape index (κ2) is 10.2. The number of aliphatic hydroxyl groups excluding tert-OH is 1. The highest BCUT2D eigenvalue weighted by Gasteiger charge is 2.16. The quantitative estimate of drug-likeness (QED) is 0.571. The fourth-order valence-electron chi connectivity index (χ4n) is 2.93. The zero-order chi connectivity index (χ0) is 17.2. The maximum Gasteiger partial charge on any atom is 0.229 e. The summed E-state index contributed by atoms with van der Waals surface area (Å²) in [6.07, 6.45) is 8.33. The number of rotatable bonds is 4. The molecule has 2 aliphatic rings. The molecule has 3 N–H and O–H groups in total. The van der Waals surface area contributed by atoms with Crippen molar-refractivity contribution in [3.05, 3.63) is 24.3 Å². The SMILES string of the molecule is O=C1CC(=O)NCCN(CC2C=CC=C2)CCN(CCO)CCN1. The van der Waals surface area contributed by atoms with Crippen LogP contribution < -0.4 is 10.6 Å². The van der Waals surface area contributed by atoms with Crippen molar-refractivity contribution in [2.24, 2.45) is 5.92 Å². The maximum absolute atomic E-state index is 11.8. The summed E-state index contributed by atoms with van der Waals surface area (Å²) in [5.74, 6) is -0.0840. The fraction of sp³-hybridized carbons (Fsp3) is 0.647. The maximum atomic E-state index is 11.8. The van der Waals surface area contributed by atoms with Crippen LogP contribution in [0.1, 0.15) is 6.42 Å². The first-order valence-corrected chi connectivity index (χ1v) is 8.61. The summed E-state index contributed by atoms with van der Waals surface area (Å²) in [5, 5.41) is 14.8. The first-order chi connectivity index (χ1) is 11.7. The van der Waals surface area contributed by atoms with Crippen molar-refractivity contribution in [1.29, 1.82) is 0 Å². The number of hydrogen-bond acceptors (Lipinski definition) is 5. The third-order valence-corrected chi connectivity index (χ3v) is 4.27. The van der Waals surface area contributed by atoms with Gasteiger partial charge in [-0.3, -0.25) is 19.4 Å². The summed E-state index contributed by atoms with van der Waals surface area (Å²) >= 11 is 0. The predicted molar refractivity (Wildman–Crippen MR) is 92.4 cm³/mol. The minimum absolute atomic E-state index is 0.0993. The molecule has 0 unspecified atom stereocenters. The lowest BCUT2D eigenvalue weighted by molar-refractivity contribution is -0.129. The molecule has 1 aliphatic heterocycles. The minimum Gasteiger partial charge on any atom is -0.395 e. The average Bonchev–Trinajstić information content (AvgIpc) is 3.04. The first kappa shape index (κ1) is 18.6. The van der Waals surface area contributed by atoms with Crippen LogP contribution in [0.25, 0.3) is 0 Å². The van der Waals surface area contributed by atoms with Gasteiger partial charge in [0.15, 0.2) is 0 Å². The molecule has 0 saturated carbocycles. The van der Waals surface area contributed by atoms with Gasteiger partial charge in [-0.25, -0.2) is 0 Å². The Morgan fingerprint density at radius 1 is 0.958 bits per heavy atom. The van der Waals surface area contributed by atoms with Crippen molar-refractivity contribution >= 4 is 11.8 Å². The lowest BCUT2D eigenvalue weighted by Crippen LogP contribution is -2.42. The Balaban J connectivity index is 1.94. The van der Waals surface area contributed by atoms with Crippen LogP contribution in [0.15, 0.2) is 24.3 Å². The van der Waals surface area contributed by atoms with Gasteiger partial charge >= 0.3 is 0 Å². The molecule has 0 spiro atoms. The fourth-order valence-corrected chi connectivity index (χ4v) is 2.93. The minimum atomic E-state index is -0.256. The molecule has 2 amide bonds. The van der Waals surface area contributed by atoms with Crippen LogP contribution in [0.4, 0.5) is 0 Å². The second-order valence-electron chi connectivity index (χ2n) is 6.18. The van der Waals surface area contributed by atoms with Gasteiger partial charge in [-0.1, -0.05) is 24.3 Å². The van der Waals surface area contributed by atoms with Gasteiger partial charge in [-0.05, 0) is 0 Å². The van der Waals surface area contributed by atoms with Crippen molar-refractivity contribution < 1.29 is 14.7 Å². The largest absolute Gasteiger partial charge is 0.395 e. The zero-order valence-corrected chi connectivity index (χ0v) is 14.1. The van der Waals surface area contributed by atoms with E-state index < -0.39 is 0 Å².